The Morgan fingerprint density at radius 2 is 1.87 bits per heavy atom. The van der Waals surface area contributed by atoms with Crippen molar-refractivity contribution in [3.05, 3.63) is 99.3 Å². The molecule has 0 aliphatic carbocycles. The van der Waals surface area contributed by atoms with Crippen molar-refractivity contribution in [2.75, 3.05) is 12.4 Å². The number of fused-ring (bicyclic) bond motifs is 1. The summed E-state index contributed by atoms with van der Waals surface area (Å²) in [5, 5.41) is 19.1. The SMILES string of the molecule is COc1ccc(F)cc1C(C)(C)CC(O)(C#Cc1cccc(C)c1)C(=O)Nc1ccc2c(=O)onc(C)c2c1. The summed E-state index contributed by atoms with van der Waals surface area (Å²) in [6.45, 7) is 7.15. The van der Waals surface area contributed by atoms with Crippen molar-refractivity contribution in [3.8, 4) is 17.6 Å². The smallest absolute Gasteiger partial charge is 0.366 e. The molecule has 0 bridgehead atoms. The summed E-state index contributed by atoms with van der Waals surface area (Å²) in [5.74, 6) is 4.87. The summed E-state index contributed by atoms with van der Waals surface area (Å²) in [4.78, 5) is 25.7. The van der Waals surface area contributed by atoms with Gasteiger partial charge in [0.1, 0.15) is 11.6 Å². The van der Waals surface area contributed by atoms with Crippen LogP contribution in [-0.4, -0.2) is 28.9 Å². The number of halogens is 1. The summed E-state index contributed by atoms with van der Waals surface area (Å²) in [6, 6.07) is 16.1. The van der Waals surface area contributed by atoms with Crippen LogP contribution in [0.15, 0.2) is 70.0 Å². The van der Waals surface area contributed by atoms with Gasteiger partial charge in [-0.25, -0.2) is 9.18 Å². The largest absolute Gasteiger partial charge is 0.496 e. The number of nitrogens with zero attached hydrogens (tertiary/aromatic N) is 1. The van der Waals surface area contributed by atoms with Crippen LogP contribution in [0.3, 0.4) is 0 Å². The van der Waals surface area contributed by atoms with E-state index in [9.17, 15) is 19.1 Å². The first kappa shape index (κ1) is 27.6. The van der Waals surface area contributed by atoms with Gasteiger partial charge < -0.3 is 19.7 Å². The lowest BCUT2D eigenvalue weighted by Gasteiger charge is -2.33. The molecule has 1 unspecified atom stereocenters. The molecule has 2 N–H and O–H groups in total. The number of amides is 1. The van der Waals surface area contributed by atoms with Crippen molar-refractivity contribution in [2.24, 2.45) is 0 Å². The average Bonchev–Trinajstić information content (AvgIpc) is 2.89. The number of hydrogen-bond acceptors (Lipinski definition) is 6. The summed E-state index contributed by atoms with van der Waals surface area (Å²) >= 11 is 0. The Labute approximate surface area is 225 Å². The van der Waals surface area contributed by atoms with Crippen molar-refractivity contribution in [3.63, 3.8) is 0 Å². The quantitative estimate of drug-likeness (QED) is 0.340. The molecule has 3 aromatic carbocycles. The number of carbonyl (C=O) groups excluding carboxylic acids is 1. The van der Waals surface area contributed by atoms with Gasteiger partial charge in [-0.1, -0.05) is 43.0 Å². The number of benzene rings is 3. The molecule has 1 atom stereocenters. The van der Waals surface area contributed by atoms with E-state index in [-0.39, 0.29) is 6.42 Å². The first-order valence-corrected chi connectivity index (χ1v) is 12.3. The fourth-order valence-electron chi connectivity index (χ4n) is 4.57. The first-order chi connectivity index (χ1) is 18.4. The molecule has 7 nitrogen and oxygen atoms in total. The number of aliphatic hydroxyl groups is 1. The zero-order valence-corrected chi connectivity index (χ0v) is 22.4. The molecule has 4 rings (SSSR count). The highest BCUT2D eigenvalue weighted by atomic mass is 19.1. The molecule has 0 aliphatic rings. The topological polar surface area (TPSA) is 102 Å². The van der Waals surface area contributed by atoms with E-state index in [0.717, 1.165) is 5.56 Å². The number of carbonyl (C=O) groups is 1. The molecule has 0 saturated carbocycles. The zero-order chi connectivity index (χ0) is 28.4. The van der Waals surface area contributed by atoms with Crippen molar-refractivity contribution in [2.45, 2.75) is 45.1 Å². The third-order valence-corrected chi connectivity index (χ3v) is 6.55. The number of aryl methyl sites for hydroxylation is 2. The molecule has 1 amide bonds. The van der Waals surface area contributed by atoms with E-state index >= 15 is 0 Å². The van der Waals surface area contributed by atoms with E-state index in [1.165, 1.54) is 37.4 Å². The predicted molar refractivity (Wildman–Crippen MR) is 147 cm³/mol. The summed E-state index contributed by atoms with van der Waals surface area (Å²) in [7, 11) is 1.47. The number of rotatable bonds is 6. The van der Waals surface area contributed by atoms with Gasteiger partial charge in [0, 0.05) is 28.6 Å². The number of hydrogen-bond donors (Lipinski definition) is 2. The minimum atomic E-state index is -2.19. The molecule has 0 spiro atoms. The third-order valence-electron chi connectivity index (χ3n) is 6.55. The molecular weight excluding hydrogens is 499 g/mol. The minimum absolute atomic E-state index is 0.178. The van der Waals surface area contributed by atoms with E-state index in [1.807, 2.05) is 25.1 Å². The molecule has 0 radical (unpaired) electrons. The average molecular weight is 529 g/mol. The highest BCUT2D eigenvalue weighted by Gasteiger charge is 2.42. The lowest BCUT2D eigenvalue weighted by atomic mass is 9.74. The second-order valence-corrected chi connectivity index (χ2v) is 10.2. The van der Waals surface area contributed by atoms with E-state index in [4.69, 9.17) is 9.26 Å². The molecule has 1 aromatic heterocycles. The van der Waals surface area contributed by atoms with Crippen LogP contribution in [0, 0.1) is 31.5 Å². The number of aromatic nitrogens is 1. The molecule has 0 aliphatic heterocycles. The fraction of sp³-hybridized carbons (Fsp3) is 0.258. The van der Waals surface area contributed by atoms with Crippen molar-refractivity contribution in [1.82, 2.24) is 5.16 Å². The van der Waals surface area contributed by atoms with Crippen LogP contribution >= 0.6 is 0 Å². The Kier molecular flexibility index (Phi) is 7.57. The molecule has 1 heterocycles. The summed E-state index contributed by atoms with van der Waals surface area (Å²) < 4.78 is 24.4. The van der Waals surface area contributed by atoms with Crippen LogP contribution in [-0.2, 0) is 10.2 Å². The molecule has 39 heavy (non-hydrogen) atoms. The molecule has 0 fully saturated rings. The van der Waals surface area contributed by atoms with E-state index in [1.54, 1.807) is 32.9 Å². The van der Waals surface area contributed by atoms with Crippen LogP contribution in [0.5, 0.6) is 5.75 Å². The van der Waals surface area contributed by atoms with Gasteiger partial charge in [0.05, 0.1) is 18.2 Å². The van der Waals surface area contributed by atoms with Crippen LogP contribution in [0.25, 0.3) is 10.8 Å². The van der Waals surface area contributed by atoms with Gasteiger partial charge in [0.15, 0.2) is 0 Å². The van der Waals surface area contributed by atoms with Crippen LogP contribution < -0.4 is 15.7 Å². The van der Waals surface area contributed by atoms with Crippen molar-refractivity contribution >= 4 is 22.4 Å². The van der Waals surface area contributed by atoms with Gasteiger partial charge in [-0.05, 0) is 73.4 Å². The monoisotopic (exact) mass is 528 g/mol. The van der Waals surface area contributed by atoms with Crippen LogP contribution in [0.1, 0.15) is 42.7 Å². The number of methoxy groups -OCH3 is 1. The Bertz CT molecular complexity index is 1680. The Hall–Kier alpha value is -4.48. The maximum absolute atomic E-state index is 14.2. The van der Waals surface area contributed by atoms with Gasteiger partial charge >= 0.3 is 5.63 Å². The van der Waals surface area contributed by atoms with Crippen LogP contribution in [0.4, 0.5) is 10.1 Å². The molecule has 4 aromatic rings. The van der Waals surface area contributed by atoms with Gasteiger partial charge in [-0.15, -0.1) is 0 Å². The summed E-state index contributed by atoms with van der Waals surface area (Å²) in [6.07, 6.45) is -0.178. The third kappa shape index (κ3) is 6.00. The first-order valence-electron chi connectivity index (χ1n) is 12.3. The van der Waals surface area contributed by atoms with Gasteiger partial charge in [-0.3, -0.25) is 4.79 Å². The molecular formula is C31H29FN2O5. The highest BCUT2D eigenvalue weighted by Crippen LogP contribution is 2.38. The van der Waals surface area contributed by atoms with Crippen molar-refractivity contribution in [1.29, 1.82) is 0 Å². The predicted octanol–water partition coefficient (Wildman–Crippen LogP) is 5.04. The minimum Gasteiger partial charge on any atom is -0.496 e. The maximum Gasteiger partial charge on any atom is 0.366 e. The van der Waals surface area contributed by atoms with Gasteiger partial charge in [-0.2, -0.15) is 0 Å². The zero-order valence-electron chi connectivity index (χ0n) is 22.4. The molecule has 200 valence electrons. The van der Waals surface area contributed by atoms with Gasteiger partial charge in [0.25, 0.3) is 5.91 Å². The fourth-order valence-corrected chi connectivity index (χ4v) is 4.57. The summed E-state index contributed by atoms with van der Waals surface area (Å²) in [5.41, 5.74) is -0.848. The maximum atomic E-state index is 14.2. The Morgan fingerprint density at radius 1 is 1.10 bits per heavy atom. The Morgan fingerprint density at radius 3 is 2.59 bits per heavy atom. The van der Waals surface area contributed by atoms with Gasteiger partial charge in [0.2, 0.25) is 5.60 Å². The molecule has 0 saturated heterocycles. The number of anilines is 1. The standard InChI is InChI=1S/C31H29FN2O5/c1-19-7-6-8-21(15-19)13-14-31(37,18-30(3,4)26-16-22(32)9-12-27(26)38-5)29(36)33-23-10-11-24-25(17-23)20(2)34-39-28(24)35/h6-12,15-17,37H,18H2,1-5H3,(H,33,36). The second kappa shape index (κ2) is 10.7. The lowest BCUT2D eigenvalue weighted by molar-refractivity contribution is -0.130. The lowest BCUT2D eigenvalue weighted by Crippen LogP contribution is -2.46. The number of ether oxygens (including phenoxy) is 1. The number of nitrogens with one attached hydrogen (secondary N) is 1. The van der Waals surface area contributed by atoms with E-state index in [2.05, 4.69) is 22.3 Å². The van der Waals surface area contributed by atoms with Crippen LogP contribution in [0.2, 0.25) is 0 Å². The second-order valence-electron chi connectivity index (χ2n) is 10.2. The van der Waals surface area contributed by atoms with E-state index < -0.39 is 28.4 Å². The Balaban J connectivity index is 1.76. The van der Waals surface area contributed by atoms with E-state index in [0.29, 0.717) is 39.0 Å². The highest BCUT2D eigenvalue weighted by molar-refractivity contribution is 6.01. The molecule has 8 heteroatoms. The van der Waals surface area contributed by atoms with Crippen molar-refractivity contribution < 1.29 is 23.6 Å². The normalized spacial score (nSPS) is 12.8.